The molecule has 0 bridgehead atoms. The molecule has 0 saturated carbocycles. The van der Waals surface area contributed by atoms with Crippen LogP contribution >= 0.6 is 11.6 Å². The van der Waals surface area contributed by atoms with Crippen molar-refractivity contribution in [2.45, 2.75) is 32.1 Å². The molecule has 4 rings (SSSR count). The van der Waals surface area contributed by atoms with E-state index in [9.17, 15) is 4.79 Å². The Morgan fingerprint density at radius 3 is 2.59 bits per heavy atom. The lowest BCUT2D eigenvalue weighted by atomic mass is 9.87. The molecule has 3 nitrogen and oxygen atoms in total. The Hall–Kier alpha value is -2.26. The molecular weight excluding hydrogens is 356 g/mol. The van der Waals surface area contributed by atoms with Gasteiger partial charge < -0.3 is 9.88 Å². The van der Waals surface area contributed by atoms with Crippen molar-refractivity contribution in [3.63, 3.8) is 0 Å². The van der Waals surface area contributed by atoms with Gasteiger partial charge in [0.25, 0.3) is 0 Å². The number of rotatable bonds is 4. The fourth-order valence-corrected chi connectivity index (χ4v) is 4.17. The number of hydrogen-bond acceptors (Lipinski definition) is 1. The first kappa shape index (κ1) is 18.1. The van der Waals surface area contributed by atoms with Gasteiger partial charge in [-0.25, -0.2) is 0 Å². The number of aromatic amines is 1. The molecule has 1 atom stereocenters. The second-order valence-electron chi connectivity index (χ2n) is 7.66. The van der Waals surface area contributed by atoms with Gasteiger partial charge in [-0.1, -0.05) is 48.9 Å². The zero-order valence-corrected chi connectivity index (χ0v) is 16.4. The van der Waals surface area contributed by atoms with E-state index in [4.69, 9.17) is 11.6 Å². The molecule has 1 amide bonds. The minimum absolute atomic E-state index is 0.0188. The lowest BCUT2D eigenvalue weighted by molar-refractivity contribution is -0.132. The zero-order valence-electron chi connectivity index (χ0n) is 15.6. The predicted octanol–water partition coefficient (Wildman–Crippen LogP) is 5.60. The van der Waals surface area contributed by atoms with Crippen LogP contribution in [0.4, 0.5) is 0 Å². The number of para-hydroxylation sites is 1. The third-order valence-electron chi connectivity index (χ3n) is 5.78. The third-order valence-corrected chi connectivity index (χ3v) is 6.04. The molecule has 2 heterocycles. The Labute approximate surface area is 165 Å². The number of likely N-dealkylation sites (tertiary alicyclic amines) is 1. The number of halogens is 1. The summed E-state index contributed by atoms with van der Waals surface area (Å²) in [6.07, 6.45) is 4.74. The molecule has 0 aliphatic carbocycles. The highest BCUT2D eigenvalue weighted by atomic mass is 35.5. The summed E-state index contributed by atoms with van der Waals surface area (Å²) < 4.78 is 0. The van der Waals surface area contributed by atoms with Gasteiger partial charge in [0.05, 0.1) is 0 Å². The van der Waals surface area contributed by atoms with E-state index in [0.717, 1.165) is 42.9 Å². The van der Waals surface area contributed by atoms with Gasteiger partial charge in [0.1, 0.15) is 0 Å². The number of piperidine rings is 1. The first-order valence-electron chi connectivity index (χ1n) is 9.71. The van der Waals surface area contributed by atoms with Gasteiger partial charge in [0.2, 0.25) is 5.91 Å². The van der Waals surface area contributed by atoms with Crippen molar-refractivity contribution in [3.8, 4) is 0 Å². The summed E-state index contributed by atoms with van der Waals surface area (Å²) in [7, 11) is 0. The lowest BCUT2D eigenvalue weighted by Gasteiger charge is -2.31. The van der Waals surface area contributed by atoms with Gasteiger partial charge in [0.15, 0.2) is 0 Å². The average molecular weight is 381 g/mol. The minimum Gasteiger partial charge on any atom is -0.361 e. The van der Waals surface area contributed by atoms with E-state index in [-0.39, 0.29) is 11.8 Å². The summed E-state index contributed by atoms with van der Waals surface area (Å²) in [6.45, 7) is 4.02. The van der Waals surface area contributed by atoms with Crippen LogP contribution in [0, 0.1) is 5.92 Å². The summed E-state index contributed by atoms with van der Waals surface area (Å²) in [5.41, 5.74) is 3.40. The average Bonchev–Trinajstić information content (AvgIpc) is 3.11. The van der Waals surface area contributed by atoms with Crippen molar-refractivity contribution >= 4 is 28.4 Å². The Bertz CT molecular complexity index is 923. The molecule has 2 aromatic carbocycles. The van der Waals surface area contributed by atoms with Crippen molar-refractivity contribution in [1.82, 2.24) is 9.88 Å². The molecule has 140 valence electrons. The maximum absolute atomic E-state index is 13.1. The summed E-state index contributed by atoms with van der Waals surface area (Å²) >= 11 is 6.10. The normalized spacial score (nSPS) is 16.6. The molecule has 1 aliphatic rings. The van der Waals surface area contributed by atoms with E-state index in [2.05, 4.69) is 30.2 Å². The van der Waals surface area contributed by atoms with Crippen LogP contribution < -0.4 is 0 Å². The molecule has 1 aliphatic heterocycles. The minimum atomic E-state index is 0.0188. The third kappa shape index (κ3) is 3.89. The number of nitrogens with one attached hydrogen (secondary N) is 1. The second kappa shape index (κ2) is 7.77. The van der Waals surface area contributed by atoms with Crippen LogP contribution in [0.15, 0.2) is 54.7 Å². The van der Waals surface area contributed by atoms with Crippen molar-refractivity contribution < 1.29 is 4.79 Å². The van der Waals surface area contributed by atoms with E-state index in [1.165, 1.54) is 10.9 Å². The number of H-pyrrole nitrogens is 1. The van der Waals surface area contributed by atoms with Gasteiger partial charge >= 0.3 is 0 Å². The zero-order chi connectivity index (χ0) is 18.8. The standard InChI is InChI=1S/C23H25ClN2O/c1-16-10-12-26(13-11-16)23(27)14-20(17-6-8-18(24)9-7-17)21-15-25-22-5-3-2-4-19(21)22/h2-9,15-16,20,25H,10-14H2,1H3. The van der Waals surface area contributed by atoms with Gasteiger partial charge in [-0.15, -0.1) is 0 Å². The molecule has 3 aromatic rings. The molecule has 0 radical (unpaired) electrons. The molecule has 4 heteroatoms. The fraction of sp³-hybridized carbons (Fsp3) is 0.348. The van der Waals surface area contributed by atoms with E-state index >= 15 is 0 Å². The first-order valence-corrected chi connectivity index (χ1v) is 10.1. The highest BCUT2D eigenvalue weighted by Gasteiger charge is 2.26. The molecule has 0 spiro atoms. The molecule has 1 unspecified atom stereocenters. The number of fused-ring (bicyclic) bond motifs is 1. The highest BCUT2D eigenvalue weighted by molar-refractivity contribution is 6.30. The van der Waals surface area contributed by atoms with Crippen molar-refractivity contribution in [2.24, 2.45) is 5.92 Å². The topological polar surface area (TPSA) is 36.1 Å². The number of aromatic nitrogens is 1. The Balaban J connectivity index is 1.66. The molecule has 1 saturated heterocycles. The van der Waals surface area contributed by atoms with Crippen LogP contribution in [0.5, 0.6) is 0 Å². The quantitative estimate of drug-likeness (QED) is 0.628. The summed E-state index contributed by atoms with van der Waals surface area (Å²) in [6, 6.07) is 16.2. The SMILES string of the molecule is CC1CCN(C(=O)CC(c2ccc(Cl)cc2)c2c[nH]c3ccccc23)CC1. The molecule has 27 heavy (non-hydrogen) atoms. The van der Waals surface area contributed by atoms with Crippen LogP contribution in [0.1, 0.15) is 43.2 Å². The van der Waals surface area contributed by atoms with E-state index < -0.39 is 0 Å². The molecule has 1 fully saturated rings. The summed E-state index contributed by atoms with van der Waals surface area (Å²) in [5.74, 6) is 0.979. The molecule has 1 aromatic heterocycles. The van der Waals surface area contributed by atoms with Crippen molar-refractivity contribution in [1.29, 1.82) is 0 Å². The van der Waals surface area contributed by atoms with Gasteiger partial charge in [-0.2, -0.15) is 0 Å². The lowest BCUT2D eigenvalue weighted by Crippen LogP contribution is -2.38. The van der Waals surface area contributed by atoms with Crippen molar-refractivity contribution in [3.05, 3.63) is 70.9 Å². The van der Waals surface area contributed by atoms with Gasteiger partial charge in [-0.3, -0.25) is 4.79 Å². The van der Waals surface area contributed by atoms with Gasteiger partial charge in [0, 0.05) is 47.6 Å². The van der Waals surface area contributed by atoms with Crippen molar-refractivity contribution in [2.75, 3.05) is 13.1 Å². The fourth-order valence-electron chi connectivity index (χ4n) is 4.05. The Morgan fingerprint density at radius 2 is 1.85 bits per heavy atom. The highest BCUT2D eigenvalue weighted by Crippen LogP contribution is 2.34. The molecule has 1 N–H and O–H groups in total. The predicted molar refractivity (Wildman–Crippen MR) is 111 cm³/mol. The van der Waals surface area contributed by atoms with E-state index in [1.807, 2.05) is 41.3 Å². The van der Waals surface area contributed by atoms with Crippen LogP contribution in [-0.2, 0) is 4.79 Å². The van der Waals surface area contributed by atoms with E-state index in [1.54, 1.807) is 0 Å². The number of nitrogens with zero attached hydrogens (tertiary/aromatic N) is 1. The second-order valence-corrected chi connectivity index (χ2v) is 8.10. The monoisotopic (exact) mass is 380 g/mol. The van der Waals surface area contributed by atoms with Gasteiger partial charge in [-0.05, 0) is 48.1 Å². The summed E-state index contributed by atoms with van der Waals surface area (Å²) in [4.78, 5) is 18.5. The number of benzene rings is 2. The van der Waals surface area contributed by atoms with Crippen LogP contribution in [0.25, 0.3) is 10.9 Å². The maximum Gasteiger partial charge on any atom is 0.223 e. The Kier molecular flexibility index (Phi) is 5.22. The number of hydrogen-bond donors (Lipinski definition) is 1. The smallest absolute Gasteiger partial charge is 0.223 e. The number of amides is 1. The van der Waals surface area contributed by atoms with Crippen LogP contribution in [0.2, 0.25) is 5.02 Å². The Morgan fingerprint density at radius 1 is 1.15 bits per heavy atom. The number of carbonyl (C=O) groups excluding carboxylic acids is 1. The maximum atomic E-state index is 13.1. The first-order chi connectivity index (χ1) is 13.1. The largest absolute Gasteiger partial charge is 0.361 e. The summed E-state index contributed by atoms with van der Waals surface area (Å²) in [5, 5.41) is 1.89. The van der Waals surface area contributed by atoms with E-state index in [0.29, 0.717) is 11.4 Å². The number of carbonyl (C=O) groups is 1. The molecular formula is C23H25ClN2O. The van der Waals surface area contributed by atoms with Crippen LogP contribution in [0.3, 0.4) is 0 Å². The van der Waals surface area contributed by atoms with Crippen LogP contribution in [-0.4, -0.2) is 28.9 Å².